The summed E-state index contributed by atoms with van der Waals surface area (Å²) in [5.41, 5.74) is 1.20. The first-order valence-electron chi connectivity index (χ1n) is 7.82. The molecular formula is C16H22N2O3S. The lowest BCUT2D eigenvalue weighted by Gasteiger charge is -2.25. The van der Waals surface area contributed by atoms with E-state index in [-0.39, 0.29) is 29.5 Å². The van der Waals surface area contributed by atoms with E-state index in [4.69, 9.17) is 0 Å². The molecule has 2 heterocycles. The molecular weight excluding hydrogens is 300 g/mol. The van der Waals surface area contributed by atoms with E-state index in [0.717, 1.165) is 25.9 Å². The summed E-state index contributed by atoms with van der Waals surface area (Å²) in [6, 6.07) is 9.78. The number of sulfone groups is 1. The smallest absolute Gasteiger partial charge is 0.237 e. The van der Waals surface area contributed by atoms with Crippen LogP contribution in [0.3, 0.4) is 0 Å². The van der Waals surface area contributed by atoms with E-state index in [9.17, 15) is 13.2 Å². The minimum atomic E-state index is -2.96. The number of amides is 1. The van der Waals surface area contributed by atoms with E-state index in [1.165, 1.54) is 5.56 Å². The molecule has 0 bridgehead atoms. The Morgan fingerprint density at radius 1 is 1.23 bits per heavy atom. The van der Waals surface area contributed by atoms with E-state index >= 15 is 0 Å². The molecule has 1 N–H and O–H groups in total. The Morgan fingerprint density at radius 3 is 2.68 bits per heavy atom. The SMILES string of the molecule is O=C(NC1CCS(=O)(=O)C1)C1CCCN1Cc1ccccc1. The Hall–Kier alpha value is -1.40. The zero-order valence-electron chi connectivity index (χ0n) is 12.6. The van der Waals surface area contributed by atoms with Gasteiger partial charge in [-0.1, -0.05) is 30.3 Å². The van der Waals surface area contributed by atoms with Gasteiger partial charge in [0.2, 0.25) is 5.91 Å². The summed E-state index contributed by atoms with van der Waals surface area (Å²) in [5, 5.41) is 2.93. The molecule has 0 aliphatic carbocycles. The van der Waals surface area contributed by atoms with Crippen molar-refractivity contribution >= 4 is 15.7 Å². The molecule has 2 aliphatic rings. The van der Waals surface area contributed by atoms with Gasteiger partial charge in [-0.15, -0.1) is 0 Å². The van der Waals surface area contributed by atoms with Crippen molar-refractivity contribution < 1.29 is 13.2 Å². The lowest BCUT2D eigenvalue weighted by Crippen LogP contribution is -2.47. The number of hydrogen-bond acceptors (Lipinski definition) is 4. The number of nitrogens with zero attached hydrogens (tertiary/aromatic N) is 1. The van der Waals surface area contributed by atoms with Crippen LogP contribution in [0.4, 0.5) is 0 Å². The molecule has 1 aromatic carbocycles. The number of carbonyl (C=O) groups excluding carboxylic acids is 1. The molecule has 2 unspecified atom stereocenters. The Morgan fingerprint density at radius 2 is 2.00 bits per heavy atom. The number of nitrogens with one attached hydrogen (secondary N) is 1. The number of carbonyl (C=O) groups is 1. The maximum atomic E-state index is 12.5. The molecule has 0 saturated carbocycles. The van der Waals surface area contributed by atoms with Crippen LogP contribution in [0.25, 0.3) is 0 Å². The van der Waals surface area contributed by atoms with Crippen LogP contribution in [0, 0.1) is 0 Å². The Kier molecular flexibility index (Phi) is 4.49. The van der Waals surface area contributed by atoms with Gasteiger partial charge in [0.05, 0.1) is 17.5 Å². The molecule has 1 amide bonds. The fraction of sp³-hybridized carbons (Fsp3) is 0.562. The maximum absolute atomic E-state index is 12.5. The Balaban J connectivity index is 1.59. The summed E-state index contributed by atoms with van der Waals surface area (Å²) < 4.78 is 23.0. The third kappa shape index (κ3) is 3.67. The van der Waals surface area contributed by atoms with E-state index in [1.807, 2.05) is 18.2 Å². The second kappa shape index (κ2) is 6.38. The Bertz CT molecular complexity index is 630. The molecule has 5 nitrogen and oxygen atoms in total. The highest BCUT2D eigenvalue weighted by atomic mass is 32.2. The van der Waals surface area contributed by atoms with Crippen molar-refractivity contribution in [1.82, 2.24) is 10.2 Å². The lowest BCUT2D eigenvalue weighted by atomic mass is 10.1. The Labute approximate surface area is 131 Å². The highest BCUT2D eigenvalue weighted by molar-refractivity contribution is 7.91. The zero-order valence-corrected chi connectivity index (χ0v) is 13.4. The molecule has 0 radical (unpaired) electrons. The van der Waals surface area contributed by atoms with Gasteiger partial charge in [-0.2, -0.15) is 0 Å². The summed E-state index contributed by atoms with van der Waals surface area (Å²) >= 11 is 0. The number of benzene rings is 1. The van der Waals surface area contributed by atoms with E-state index in [2.05, 4.69) is 22.3 Å². The predicted octanol–water partition coefficient (Wildman–Crippen LogP) is 0.954. The van der Waals surface area contributed by atoms with Crippen LogP contribution in [0.15, 0.2) is 30.3 Å². The molecule has 22 heavy (non-hydrogen) atoms. The van der Waals surface area contributed by atoms with Crippen LogP contribution < -0.4 is 5.32 Å². The monoisotopic (exact) mass is 322 g/mol. The molecule has 6 heteroatoms. The van der Waals surface area contributed by atoms with Crippen LogP contribution in [0.1, 0.15) is 24.8 Å². The maximum Gasteiger partial charge on any atom is 0.237 e. The minimum Gasteiger partial charge on any atom is -0.351 e. The van der Waals surface area contributed by atoms with Crippen molar-refractivity contribution in [3.8, 4) is 0 Å². The van der Waals surface area contributed by atoms with E-state index < -0.39 is 9.84 Å². The first-order chi connectivity index (χ1) is 10.5. The third-order valence-corrected chi connectivity index (χ3v) is 6.24. The van der Waals surface area contributed by atoms with Gasteiger partial charge >= 0.3 is 0 Å². The first kappa shape index (κ1) is 15.5. The first-order valence-corrected chi connectivity index (χ1v) is 9.64. The standard InChI is InChI=1S/C16H22N2O3S/c19-16(17-14-8-10-22(20,21)12-14)15-7-4-9-18(15)11-13-5-2-1-3-6-13/h1-3,5-6,14-15H,4,7-12H2,(H,17,19). The lowest BCUT2D eigenvalue weighted by molar-refractivity contribution is -0.126. The largest absolute Gasteiger partial charge is 0.351 e. The van der Waals surface area contributed by atoms with Crippen molar-refractivity contribution in [2.75, 3.05) is 18.1 Å². The van der Waals surface area contributed by atoms with E-state index in [1.54, 1.807) is 0 Å². The molecule has 2 atom stereocenters. The number of hydrogen-bond donors (Lipinski definition) is 1. The van der Waals surface area contributed by atoms with Crippen molar-refractivity contribution in [2.45, 2.75) is 37.9 Å². The van der Waals surface area contributed by atoms with Gasteiger partial charge in [-0.05, 0) is 31.4 Å². The van der Waals surface area contributed by atoms with Gasteiger partial charge < -0.3 is 5.32 Å². The van der Waals surface area contributed by atoms with Crippen LogP contribution in [0.5, 0.6) is 0 Å². The summed E-state index contributed by atoms with van der Waals surface area (Å²) in [4.78, 5) is 14.7. The topological polar surface area (TPSA) is 66.5 Å². The quantitative estimate of drug-likeness (QED) is 0.896. The highest BCUT2D eigenvalue weighted by Gasteiger charge is 2.34. The van der Waals surface area contributed by atoms with Crippen LogP contribution in [-0.2, 0) is 21.2 Å². The fourth-order valence-electron chi connectivity index (χ4n) is 3.34. The summed E-state index contributed by atoms with van der Waals surface area (Å²) in [6.45, 7) is 1.68. The minimum absolute atomic E-state index is 0.0180. The van der Waals surface area contributed by atoms with Gasteiger partial charge in [0.1, 0.15) is 0 Å². The third-order valence-electron chi connectivity index (χ3n) is 4.47. The van der Waals surface area contributed by atoms with E-state index in [0.29, 0.717) is 6.42 Å². The van der Waals surface area contributed by atoms with Gasteiger partial charge in [0.25, 0.3) is 0 Å². The predicted molar refractivity (Wildman–Crippen MR) is 85.1 cm³/mol. The average Bonchev–Trinajstić information content (AvgIpc) is 3.06. The molecule has 120 valence electrons. The van der Waals surface area contributed by atoms with Crippen LogP contribution in [-0.4, -0.2) is 49.4 Å². The van der Waals surface area contributed by atoms with Gasteiger partial charge in [-0.25, -0.2) is 8.42 Å². The highest BCUT2D eigenvalue weighted by Crippen LogP contribution is 2.21. The average molecular weight is 322 g/mol. The van der Waals surface area contributed by atoms with Crippen molar-refractivity contribution in [3.05, 3.63) is 35.9 Å². The van der Waals surface area contributed by atoms with Crippen LogP contribution in [0.2, 0.25) is 0 Å². The van der Waals surface area contributed by atoms with Gasteiger partial charge in [-0.3, -0.25) is 9.69 Å². The number of likely N-dealkylation sites (tertiary alicyclic amines) is 1. The molecule has 0 spiro atoms. The number of rotatable bonds is 4. The van der Waals surface area contributed by atoms with Crippen LogP contribution >= 0.6 is 0 Å². The molecule has 2 saturated heterocycles. The van der Waals surface area contributed by atoms with Crippen molar-refractivity contribution in [1.29, 1.82) is 0 Å². The zero-order chi connectivity index (χ0) is 15.6. The molecule has 0 aromatic heterocycles. The summed E-state index contributed by atoms with van der Waals surface area (Å²) in [6.07, 6.45) is 2.39. The van der Waals surface area contributed by atoms with Gasteiger partial charge in [0.15, 0.2) is 9.84 Å². The molecule has 2 aliphatic heterocycles. The summed E-state index contributed by atoms with van der Waals surface area (Å²) in [5.74, 6) is 0.260. The second-order valence-electron chi connectivity index (χ2n) is 6.22. The molecule has 3 rings (SSSR count). The fourth-order valence-corrected chi connectivity index (χ4v) is 5.01. The molecule has 2 fully saturated rings. The van der Waals surface area contributed by atoms with Gasteiger partial charge in [0, 0.05) is 12.6 Å². The second-order valence-corrected chi connectivity index (χ2v) is 8.45. The molecule has 1 aromatic rings. The van der Waals surface area contributed by atoms with Crippen molar-refractivity contribution in [2.24, 2.45) is 0 Å². The normalized spacial score (nSPS) is 27.8. The summed E-state index contributed by atoms with van der Waals surface area (Å²) in [7, 11) is -2.96. The van der Waals surface area contributed by atoms with Crippen molar-refractivity contribution in [3.63, 3.8) is 0 Å².